The van der Waals surface area contributed by atoms with Crippen molar-refractivity contribution in [3.63, 3.8) is 0 Å². The first-order chi connectivity index (χ1) is 10.8. The van der Waals surface area contributed by atoms with Crippen molar-refractivity contribution in [2.75, 3.05) is 14.1 Å². The van der Waals surface area contributed by atoms with Crippen LogP contribution in [0.25, 0.3) is 11.1 Å². The fourth-order valence-electron chi connectivity index (χ4n) is 2.13. The Balaban J connectivity index is 2.53. The second-order valence-corrected chi connectivity index (χ2v) is 5.07. The molecule has 0 aromatic heterocycles. The molecular formula is C16H14N2O5. The van der Waals surface area contributed by atoms with E-state index in [4.69, 9.17) is 5.11 Å². The highest BCUT2D eigenvalue weighted by Crippen LogP contribution is 2.28. The molecule has 0 spiro atoms. The van der Waals surface area contributed by atoms with Crippen LogP contribution < -0.4 is 0 Å². The number of carboxylic acids is 1. The summed E-state index contributed by atoms with van der Waals surface area (Å²) in [5.41, 5.74) is 0.643. The monoisotopic (exact) mass is 314 g/mol. The molecule has 0 saturated heterocycles. The van der Waals surface area contributed by atoms with Gasteiger partial charge in [0.2, 0.25) is 0 Å². The third-order valence-corrected chi connectivity index (χ3v) is 3.27. The number of nitro benzene ring substituents is 1. The van der Waals surface area contributed by atoms with Crippen molar-refractivity contribution in [3.05, 3.63) is 63.7 Å². The van der Waals surface area contributed by atoms with Crippen molar-refractivity contribution >= 4 is 17.6 Å². The quantitative estimate of drug-likeness (QED) is 0.690. The predicted molar refractivity (Wildman–Crippen MR) is 83.5 cm³/mol. The summed E-state index contributed by atoms with van der Waals surface area (Å²) in [4.78, 5) is 34.8. The lowest BCUT2D eigenvalue weighted by Crippen LogP contribution is -2.21. The van der Waals surface area contributed by atoms with Gasteiger partial charge < -0.3 is 10.0 Å². The largest absolute Gasteiger partial charge is 0.477 e. The average molecular weight is 314 g/mol. The van der Waals surface area contributed by atoms with Gasteiger partial charge in [-0.05, 0) is 29.3 Å². The van der Waals surface area contributed by atoms with Gasteiger partial charge in [0.25, 0.3) is 11.6 Å². The third-order valence-electron chi connectivity index (χ3n) is 3.27. The molecule has 2 aromatic carbocycles. The first-order valence-electron chi connectivity index (χ1n) is 6.65. The van der Waals surface area contributed by atoms with E-state index < -0.39 is 16.6 Å². The van der Waals surface area contributed by atoms with Crippen LogP contribution in [0, 0.1) is 10.1 Å². The molecule has 0 heterocycles. The molecule has 1 N–H and O–H groups in total. The van der Waals surface area contributed by atoms with Gasteiger partial charge in [-0.3, -0.25) is 14.9 Å². The third kappa shape index (κ3) is 3.34. The van der Waals surface area contributed by atoms with Crippen LogP contribution in [0.1, 0.15) is 20.7 Å². The van der Waals surface area contributed by atoms with Gasteiger partial charge in [-0.1, -0.05) is 18.2 Å². The number of aromatic carboxylic acids is 1. The Morgan fingerprint density at radius 1 is 1.09 bits per heavy atom. The first kappa shape index (κ1) is 16.2. The van der Waals surface area contributed by atoms with Crippen LogP contribution in [-0.4, -0.2) is 40.9 Å². The second-order valence-electron chi connectivity index (χ2n) is 5.07. The van der Waals surface area contributed by atoms with Gasteiger partial charge in [0.15, 0.2) is 0 Å². The van der Waals surface area contributed by atoms with E-state index in [0.29, 0.717) is 16.7 Å². The molecule has 0 bridgehead atoms. The summed E-state index contributed by atoms with van der Waals surface area (Å²) < 4.78 is 0. The number of benzene rings is 2. The van der Waals surface area contributed by atoms with Gasteiger partial charge >= 0.3 is 5.97 Å². The number of carbonyl (C=O) groups excluding carboxylic acids is 1. The zero-order valence-electron chi connectivity index (χ0n) is 12.5. The molecule has 23 heavy (non-hydrogen) atoms. The molecule has 0 unspecified atom stereocenters. The maximum Gasteiger partial charge on any atom is 0.342 e. The number of hydrogen-bond donors (Lipinski definition) is 1. The fourth-order valence-corrected chi connectivity index (χ4v) is 2.13. The summed E-state index contributed by atoms with van der Waals surface area (Å²) in [5.74, 6) is -1.55. The maximum absolute atomic E-state index is 12.0. The first-order valence-corrected chi connectivity index (χ1v) is 6.65. The Morgan fingerprint density at radius 2 is 1.74 bits per heavy atom. The molecule has 7 heteroatoms. The molecule has 0 atom stereocenters. The van der Waals surface area contributed by atoms with Crippen molar-refractivity contribution in [2.24, 2.45) is 0 Å². The molecular weight excluding hydrogens is 300 g/mol. The Hall–Kier alpha value is -3.22. The number of nitrogens with zero attached hydrogens (tertiary/aromatic N) is 2. The van der Waals surface area contributed by atoms with Gasteiger partial charge in [0.1, 0.15) is 5.56 Å². The number of carbonyl (C=O) groups is 2. The summed E-state index contributed by atoms with van der Waals surface area (Å²) in [7, 11) is 3.25. The lowest BCUT2D eigenvalue weighted by Gasteiger charge is -2.11. The fraction of sp³-hybridized carbons (Fsp3) is 0.125. The summed E-state index contributed by atoms with van der Waals surface area (Å²) in [6.45, 7) is 0. The topological polar surface area (TPSA) is 101 Å². The lowest BCUT2D eigenvalue weighted by molar-refractivity contribution is -0.385. The van der Waals surface area contributed by atoms with E-state index >= 15 is 0 Å². The summed E-state index contributed by atoms with van der Waals surface area (Å²) in [6, 6.07) is 10.5. The van der Waals surface area contributed by atoms with Crippen molar-refractivity contribution in [1.82, 2.24) is 4.90 Å². The Labute approximate surface area is 131 Å². The number of nitro groups is 1. The lowest BCUT2D eigenvalue weighted by atomic mass is 10.00. The molecule has 118 valence electrons. The SMILES string of the molecule is CN(C)C(=O)c1cccc(-c2ccc(C(=O)O)c([N+](=O)[O-])c2)c1. The highest BCUT2D eigenvalue weighted by molar-refractivity contribution is 5.96. The van der Waals surface area contributed by atoms with Crippen molar-refractivity contribution < 1.29 is 19.6 Å². The van der Waals surface area contributed by atoms with Crippen LogP contribution in [0.5, 0.6) is 0 Å². The van der Waals surface area contributed by atoms with Crippen LogP contribution in [0.2, 0.25) is 0 Å². The average Bonchev–Trinajstić information content (AvgIpc) is 2.53. The normalized spacial score (nSPS) is 10.2. The molecule has 0 fully saturated rings. The second kappa shape index (κ2) is 6.27. The summed E-state index contributed by atoms with van der Waals surface area (Å²) in [6.07, 6.45) is 0. The molecule has 0 aliphatic carbocycles. The van der Waals surface area contributed by atoms with E-state index in [1.54, 1.807) is 38.4 Å². The van der Waals surface area contributed by atoms with Gasteiger partial charge in [-0.15, -0.1) is 0 Å². The number of amides is 1. The smallest absolute Gasteiger partial charge is 0.342 e. The minimum absolute atomic E-state index is 0.191. The van der Waals surface area contributed by atoms with E-state index in [1.165, 1.54) is 23.1 Å². The number of hydrogen-bond acceptors (Lipinski definition) is 4. The predicted octanol–water partition coefficient (Wildman–Crippen LogP) is 2.66. The molecule has 1 amide bonds. The minimum Gasteiger partial charge on any atom is -0.477 e. The van der Waals surface area contributed by atoms with E-state index in [0.717, 1.165) is 0 Å². The minimum atomic E-state index is -1.36. The van der Waals surface area contributed by atoms with Crippen LogP contribution >= 0.6 is 0 Å². The van der Waals surface area contributed by atoms with Gasteiger partial charge in [-0.2, -0.15) is 0 Å². The van der Waals surface area contributed by atoms with Crippen molar-refractivity contribution in [3.8, 4) is 11.1 Å². The summed E-state index contributed by atoms with van der Waals surface area (Å²) >= 11 is 0. The van der Waals surface area contributed by atoms with E-state index in [9.17, 15) is 19.7 Å². The molecule has 0 saturated carbocycles. The standard InChI is InChI=1S/C16H14N2O5/c1-17(2)15(19)12-5-3-4-10(8-12)11-6-7-13(16(20)21)14(9-11)18(22)23/h3-9H,1-2H3,(H,20,21). The number of carboxylic acid groups (broad SMARTS) is 1. The van der Waals surface area contributed by atoms with E-state index in [1.807, 2.05) is 0 Å². The molecule has 0 aliphatic heterocycles. The maximum atomic E-state index is 12.0. The Bertz CT molecular complexity index is 799. The zero-order valence-corrected chi connectivity index (χ0v) is 12.5. The van der Waals surface area contributed by atoms with Gasteiger partial charge in [0, 0.05) is 25.7 Å². The van der Waals surface area contributed by atoms with Crippen LogP contribution in [0.15, 0.2) is 42.5 Å². The van der Waals surface area contributed by atoms with Gasteiger partial charge in [0.05, 0.1) is 4.92 Å². The van der Waals surface area contributed by atoms with Crippen molar-refractivity contribution in [2.45, 2.75) is 0 Å². The van der Waals surface area contributed by atoms with Crippen LogP contribution in [-0.2, 0) is 0 Å². The van der Waals surface area contributed by atoms with E-state index in [-0.39, 0.29) is 11.5 Å². The molecule has 0 radical (unpaired) electrons. The Kier molecular flexibility index (Phi) is 4.40. The molecule has 2 rings (SSSR count). The molecule has 0 aliphatic rings. The van der Waals surface area contributed by atoms with Gasteiger partial charge in [-0.25, -0.2) is 4.79 Å². The molecule has 7 nitrogen and oxygen atoms in total. The molecule has 2 aromatic rings. The summed E-state index contributed by atoms with van der Waals surface area (Å²) in [5, 5.41) is 20.1. The highest BCUT2D eigenvalue weighted by atomic mass is 16.6. The van der Waals surface area contributed by atoms with Crippen LogP contribution in [0.3, 0.4) is 0 Å². The number of rotatable bonds is 4. The van der Waals surface area contributed by atoms with E-state index in [2.05, 4.69) is 0 Å². The highest BCUT2D eigenvalue weighted by Gasteiger charge is 2.20. The zero-order chi connectivity index (χ0) is 17.1. The van der Waals surface area contributed by atoms with Crippen LogP contribution in [0.4, 0.5) is 5.69 Å². The van der Waals surface area contributed by atoms with Crippen molar-refractivity contribution in [1.29, 1.82) is 0 Å². The Morgan fingerprint density at radius 3 is 2.30 bits per heavy atom.